The molecule has 3 aromatic rings. The number of rotatable bonds is 3. The predicted molar refractivity (Wildman–Crippen MR) is 94.3 cm³/mol. The molecule has 0 aliphatic carbocycles. The van der Waals surface area contributed by atoms with Crippen molar-refractivity contribution < 1.29 is 0 Å². The van der Waals surface area contributed by atoms with E-state index in [4.69, 9.17) is 11.6 Å². The van der Waals surface area contributed by atoms with Crippen LogP contribution in [-0.4, -0.2) is 39.1 Å². The molecule has 6 nitrogen and oxygen atoms in total. The van der Waals surface area contributed by atoms with E-state index in [1.54, 1.807) is 12.4 Å². The number of anilines is 1. The molecule has 0 radical (unpaired) electrons. The van der Waals surface area contributed by atoms with Gasteiger partial charge in [0.05, 0.1) is 16.9 Å². The van der Waals surface area contributed by atoms with Gasteiger partial charge in [0.2, 0.25) is 5.95 Å². The van der Waals surface area contributed by atoms with E-state index in [1.165, 1.54) is 0 Å². The van der Waals surface area contributed by atoms with E-state index >= 15 is 0 Å². The fraction of sp³-hybridized carbons (Fsp3) is 0.267. The summed E-state index contributed by atoms with van der Waals surface area (Å²) in [5.41, 5.74) is 2.47. The highest BCUT2D eigenvalue weighted by Gasteiger charge is 2.17. The molecule has 0 saturated carbocycles. The Morgan fingerprint density at radius 2 is 2.22 bits per heavy atom. The van der Waals surface area contributed by atoms with Gasteiger partial charge in [-0.05, 0) is 25.1 Å². The summed E-state index contributed by atoms with van der Waals surface area (Å²) in [6.45, 7) is 1.95. The highest BCUT2D eigenvalue weighted by molar-refractivity contribution is 6.33. The molecule has 1 saturated heterocycles. The van der Waals surface area contributed by atoms with Crippen LogP contribution in [0.4, 0.5) is 5.95 Å². The van der Waals surface area contributed by atoms with Gasteiger partial charge in [-0.15, -0.1) is 12.4 Å². The fourth-order valence-electron chi connectivity index (χ4n) is 2.74. The maximum Gasteiger partial charge on any atom is 0.223 e. The van der Waals surface area contributed by atoms with E-state index in [2.05, 4.69) is 30.6 Å². The number of hydrogen-bond acceptors (Lipinski definition) is 5. The molecule has 1 atom stereocenters. The number of pyridine rings is 1. The summed E-state index contributed by atoms with van der Waals surface area (Å²) in [6, 6.07) is 4.26. The molecule has 1 aliphatic rings. The molecule has 1 aliphatic heterocycles. The van der Waals surface area contributed by atoms with Gasteiger partial charge in [0.15, 0.2) is 0 Å². The molecule has 0 unspecified atom stereocenters. The first-order valence-electron chi connectivity index (χ1n) is 7.23. The average molecular weight is 351 g/mol. The highest BCUT2D eigenvalue weighted by Crippen LogP contribution is 2.31. The van der Waals surface area contributed by atoms with Gasteiger partial charge in [0, 0.05) is 35.9 Å². The largest absolute Gasteiger partial charge is 0.350 e. The van der Waals surface area contributed by atoms with Crippen molar-refractivity contribution in [2.75, 3.05) is 18.4 Å². The lowest BCUT2D eigenvalue weighted by Gasteiger charge is -2.12. The summed E-state index contributed by atoms with van der Waals surface area (Å²) < 4.78 is 0. The molecule has 23 heavy (non-hydrogen) atoms. The summed E-state index contributed by atoms with van der Waals surface area (Å²) in [7, 11) is 0. The third kappa shape index (κ3) is 3.10. The third-order valence-corrected chi connectivity index (χ3v) is 4.12. The van der Waals surface area contributed by atoms with Crippen molar-refractivity contribution >= 4 is 41.0 Å². The first-order chi connectivity index (χ1) is 10.8. The molecule has 0 aromatic carbocycles. The van der Waals surface area contributed by atoms with Crippen molar-refractivity contribution in [3.8, 4) is 11.3 Å². The molecule has 0 amide bonds. The van der Waals surface area contributed by atoms with E-state index in [0.717, 1.165) is 36.1 Å². The molecule has 4 heterocycles. The SMILES string of the molecule is Cl.Clc1cnc(N[C@@H]2CCNC2)nc1-c1c[nH]c2ncccc12. The van der Waals surface area contributed by atoms with Gasteiger partial charge in [0.25, 0.3) is 0 Å². The van der Waals surface area contributed by atoms with Crippen LogP contribution >= 0.6 is 24.0 Å². The minimum Gasteiger partial charge on any atom is -0.350 e. The van der Waals surface area contributed by atoms with Crippen LogP contribution in [0, 0.1) is 0 Å². The predicted octanol–water partition coefficient (Wildman–Crippen LogP) is 2.87. The minimum absolute atomic E-state index is 0. The summed E-state index contributed by atoms with van der Waals surface area (Å²) in [6.07, 6.45) is 6.35. The van der Waals surface area contributed by atoms with Gasteiger partial charge in [-0.3, -0.25) is 0 Å². The molecular weight excluding hydrogens is 335 g/mol. The first kappa shape index (κ1) is 16.0. The molecule has 120 valence electrons. The molecule has 8 heteroatoms. The Hall–Kier alpha value is -1.89. The van der Waals surface area contributed by atoms with Crippen LogP contribution in [0.2, 0.25) is 5.02 Å². The van der Waals surface area contributed by atoms with Crippen LogP contribution in [0.1, 0.15) is 6.42 Å². The molecule has 1 fully saturated rings. The first-order valence-corrected chi connectivity index (χ1v) is 7.61. The van der Waals surface area contributed by atoms with Crippen molar-refractivity contribution in [2.24, 2.45) is 0 Å². The lowest BCUT2D eigenvalue weighted by atomic mass is 10.1. The Morgan fingerprint density at radius 3 is 3.04 bits per heavy atom. The number of nitrogens with one attached hydrogen (secondary N) is 3. The maximum absolute atomic E-state index is 6.31. The van der Waals surface area contributed by atoms with Crippen molar-refractivity contribution in [3.63, 3.8) is 0 Å². The normalized spacial score (nSPS) is 17.2. The summed E-state index contributed by atoms with van der Waals surface area (Å²) >= 11 is 6.31. The quantitative estimate of drug-likeness (QED) is 0.676. The fourth-order valence-corrected chi connectivity index (χ4v) is 2.93. The number of halogens is 2. The van der Waals surface area contributed by atoms with Crippen molar-refractivity contribution in [1.82, 2.24) is 25.3 Å². The van der Waals surface area contributed by atoms with Crippen LogP contribution in [0.3, 0.4) is 0 Å². The third-order valence-electron chi connectivity index (χ3n) is 3.84. The molecule has 3 N–H and O–H groups in total. The molecular formula is C15H16Cl2N6. The van der Waals surface area contributed by atoms with Gasteiger partial charge in [-0.25, -0.2) is 15.0 Å². The number of hydrogen-bond donors (Lipinski definition) is 3. The monoisotopic (exact) mass is 350 g/mol. The number of aromatic amines is 1. The van der Waals surface area contributed by atoms with Crippen LogP contribution in [0.25, 0.3) is 22.3 Å². The van der Waals surface area contributed by atoms with Crippen molar-refractivity contribution in [1.29, 1.82) is 0 Å². The van der Waals surface area contributed by atoms with Crippen molar-refractivity contribution in [3.05, 3.63) is 35.7 Å². The van der Waals surface area contributed by atoms with Crippen LogP contribution in [0.15, 0.2) is 30.7 Å². The van der Waals surface area contributed by atoms with Crippen LogP contribution < -0.4 is 10.6 Å². The zero-order chi connectivity index (χ0) is 14.9. The Kier molecular flexibility index (Phi) is 4.66. The van der Waals surface area contributed by atoms with Crippen molar-refractivity contribution in [2.45, 2.75) is 12.5 Å². The second kappa shape index (κ2) is 6.70. The number of aromatic nitrogens is 4. The Balaban J connectivity index is 0.00000156. The Morgan fingerprint density at radius 1 is 1.30 bits per heavy atom. The standard InChI is InChI=1S/C15H15ClN6.ClH/c16-12-8-20-15(21-9-3-5-17-6-9)22-13(12)11-7-19-14-10(11)2-1-4-18-14;/h1-2,4,7-9,17H,3,5-6H2,(H,18,19)(H,20,21,22);1H/t9-;/m1./s1. The average Bonchev–Trinajstić information content (AvgIpc) is 3.19. The molecule has 0 bridgehead atoms. The van der Waals surface area contributed by atoms with Gasteiger partial charge in [0.1, 0.15) is 5.65 Å². The number of nitrogens with zero attached hydrogens (tertiary/aromatic N) is 3. The summed E-state index contributed by atoms with van der Waals surface area (Å²) in [5, 5.41) is 8.19. The van der Waals surface area contributed by atoms with Gasteiger partial charge < -0.3 is 15.6 Å². The zero-order valence-corrected chi connectivity index (χ0v) is 13.8. The summed E-state index contributed by atoms with van der Waals surface area (Å²) in [5.74, 6) is 0.603. The van der Waals surface area contributed by atoms with Crippen LogP contribution in [-0.2, 0) is 0 Å². The zero-order valence-electron chi connectivity index (χ0n) is 12.2. The number of fused-ring (bicyclic) bond motifs is 1. The molecule has 3 aromatic heterocycles. The van der Waals surface area contributed by atoms with E-state index < -0.39 is 0 Å². The van der Waals surface area contributed by atoms with Gasteiger partial charge in [-0.2, -0.15) is 0 Å². The van der Waals surface area contributed by atoms with E-state index in [1.807, 2.05) is 18.3 Å². The second-order valence-corrected chi connectivity index (χ2v) is 5.73. The lowest BCUT2D eigenvalue weighted by Crippen LogP contribution is -2.23. The van der Waals surface area contributed by atoms with E-state index in [9.17, 15) is 0 Å². The summed E-state index contributed by atoms with van der Waals surface area (Å²) in [4.78, 5) is 16.3. The second-order valence-electron chi connectivity index (χ2n) is 5.33. The Bertz CT molecular complexity index is 813. The molecule has 4 rings (SSSR count). The van der Waals surface area contributed by atoms with E-state index in [-0.39, 0.29) is 12.4 Å². The minimum atomic E-state index is 0. The van der Waals surface area contributed by atoms with E-state index in [0.29, 0.717) is 22.7 Å². The van der Waals surface area contributed by atoms with Gasteiger partial charge in [-0.1, -0.05) is 11.6 Å². The molecule has 0 spiro atoms. The maximum atomic E-state index is 6.31. The smallest absolute Gasteiger partial charge is 0.223 e. The Labute approximate surface area is 144 Å². The number of H-pyrrole nitrogens is 1. The van der Waals surface area contributed by atoms with Crippen LogP contribution in [0.5, 0.6) is 0 Å². The highest BCUT2D eigenvalue weighted by atomic mass is 35.5. The van der Waals surface area contributed by atoms with Gasteiger partial charge >= 0.3 is 0 Å². The topological polar surface area (TPSA) is 78.5 Å². The lowest BCUT2D eigenvalue weighted by molar-refractivity contribution is 0.781.